The second kappa shape index (κ2) is 9.13. The molecule has 0 fully saturated rings. The zero-order valence-electron chi connectivity index (χ0n) is 16.8. The summed E-state index contributed by atoms with van der Waals surface area (Å²) in [5, 5.41) is 0. The molecule has 2 aromatic rings. The average Bonchev–Trinajstić information content (AvgIpc) is 3.07. The van der Waals surface area contributed by atoms with Crippen LogP contribution >= 0.6 is 0 Å². The number of rotatable bonds is 9. The minimum atomic E-state index is -0.635. The van der Waals surface area contributed by atoms with E-state index in [9.17, 15) is 9.59 Å². The summed E-state index contributed by atoms with van der Waals surface area (Å²) in [6, 6.07) is 17.0. The summed E-state index contributed by atoms with van der Waals surface area (Å²) in [7, 11) is 0. The average molecular weight is 395 g/mol. The summed E-state index contributed by atoms with van der Waals surface area (Å²) in [5.74, 6) is -0.719. The number of imide groups is 1. The first-order chi connectivity index (χ1) is 13.9. The molecular formula is C23H25NO5. The molecule has 29 heavy (non-hydrogen) atoms. The molecule has 0 saturated carbocycles. The molecule has 6 nitrogen and oxygen atoms in total. The lowest BCUT2D eigenvalue weighted by atomic mass is 9.99. The monoisotopic (exact) mass is 395 g/mol. The Morgan fingerprint density at radius 1 is 0.931 bits per heavy atom. The van der Waals surface area contributed by atoms with Gasteiger partial charge in [0.2, 0.25) is 0 Å². The number of anilines is 1. The van der Waals surface area contributed by atoms with Crippen LogP contribution in [0.3, 0.4) is 0 Å². The van der Waals surface area contributed by atoms with Crippen molar-refractivity contribution in [1.82, 2.24) is 0 Å². The van der Waals surface area contributed by atoms with Crippen molar-refractivity contribution in [2.75, 3.05) is 11.7 Å². The number of para-hydroxylation sites is 1. The Kier molecular flexibility index (Phi) is 6.59. The van der Waals surface area contributed by atoms with Crippen LogP contribution in [0.25, 0.3) is 0 Å². The van der Waals surface area contributed by atoms with E-state index in [1.807, 2.05) is 63.2 Å². The largest absolute Gasteiger partial charge is 0.344 e. The lowest BCUT2D eigenvalue weighted by Crippen LogP contribution is -2.31. The lowest BCUT2D eigenvalue weighted by molar-refractivity contribution is -0.393. The van der Waals surface area contributed by atoms with E-state index in [1.165, 1.54) is 12.2 Å². The Bertz CT molecular complexity index is 873. The molecule has 2 amide bonds. The van der Waals surface area contributed by atoms with E-state index >= 15 is 0 Å². The van der Waals surface area contributed by atoms with Gasteiger partial charge in [-0.05, 0) is 31.9 Å². The molecule has 0 aliphatic carbocycles. The zero-order valence-corrected chi connectivity index (χ0v) is 16.8. The fraction of sp³-hybridized carbons (Fsp3) is 0.304. The second-order valence-corrected chi connectivity index (χ2v) is 7.16. The molecule has 3 rings (SSSR count). The molecule has 0 spiro atoms. The Morgan fingerprint density at radius 2 is 1.55 bits per heavy atom. The molecule has 1 heterocycles. The number of carbonyl (C=O) groups excluding carboxylic acids is 2. The minimum Gasteiger partial charge on any atom is -0.344 e. The molecule has 152 valence electrons. The summed E-state index contributed by atoms with van der Waals surface area (Å²) < 4.78 is 5.86. The molecule has 1 unspecified atom stereocenters. The molecule has 6 heteroatoms. The van der Waals surface area contributed by atoms with Crippen molar-refractivity contribution in [3.63, 3.8) is 0 Å². The third-order valence-electron chi connectivity index (χ3n) is 4.76. The van der Waals surface area contributed by atoms with Gasteiger partial charge < -0.3 is 4.74 Å². The maximum atomic E-state index is 12.1. The van der Waals surface area contributed by atoms with Crippen LogP contribution in [-0.2, 0) is 29.7 Å². The number of benzene rings is 2. The number of ether oxygens (including phenoxy) is 1. The van der Waals surface area contributed by atoms with Crippen LogP contribution in [0.15, 0.2) is 66.7 Å². The van der Waals surface area contributed by atoms with Gasteiger partial charge in [0.05, 0.1) is 11.8 Å². The van der Waals surface area contributed by atoms with E-state index in [4.69, 9.17) is 14.5 Å². The number of carbonyl (C=O) groups is 2. The van der Waals surface area contributed by atoms with Crippen molar-refractivity contribution < 1.29 is 24.1 Å². The fourth-order valence-corrected chi connectivity index (χ4v) is 3.20. The summed E-state index contributed by atoms with van der Waals surface area (Å²) in [4.78, 5) is 36.2. The SMILES string of the molecule is CCC(OCOOC(C)(C)c1ccccc1)c1ccccc1N1C(=O)C=CC1=O. The molecule has 1 aliphatic rings. The number of hydrogen-bond acceptors (Lipinski definition) is 5. The van der Waals surface area contributed by atoms with Crippen molar-refractivity contribution >= 4 is 17.5 Å². The van der Waals surface area contributed by atoms with Crippen LogP contribution in [-0.4, -0.2) is 18.6 Å². The first-order valence-electron chi connectivity index (χ1n) is 9.57. The summed E-state index contributed by atoms with van der Waals surface area (Å²) in [5.41, 5.74) is 1.61. The van der Waals surface area contributed by atoms with Crippen molar-refractivity contribution in [3.8, 4) is 0 Å². The van der Waals surface area contributed by atoms with E-state index < -0.39 is 5.60 Å². The number of hydrogen-bond donors (Lipinski definition) is 0. The molecule has 0 radical (unpaired) electrons. The summed E-state index contributed by atoms with van der Waals surface area (Å²) >= 11 is 0. The third kappa shape index (κ3) is 4.79. The van der Waals surface area contributed by atoms with Crippen molar-refractivity contribution in [2.45, 2.75) is 38.9 Å². The van der Waals surface area contributed by atoms with Crippen LogP contribution in [0.2, 0.25) is 0 Å². The van der Waals surface area contributed by atoms with Gasteiger partial charge in [0.25, 0.3) is 11.8 Å². The quantitative estimate of drug-likeness (QED) is 0.207. The Hall–Kier alpha value is -2.80. The zero-order chi connectivity index (χ0) is 20.9. The maximum absolute atomic E-state index is 12.1. The van der Waals surface area contributed by atoms with E-state index in [0.29, 0.717) is 12.1 Å². The normalized spacial score (nSPS) is 15.2. The van der Waals surface area contributed by atoms with Crippen molar-refractivity contribution in [1.29, 1.82) is 0 Å². The van der Waals surface area contributed by atoms with Gasteiger partial charge in [-0.1, -0.05) is 55.5 Å². The van der Waals surface area contributed by atoms with E-state index in [2.05, 4.69) is 0 Å². The van der Waals surface area contributed by atoms with Crippen LogP contribution < -0.4 is 4.90 Å². The molecule has 1 atom stereocenters. The smallest absolute Gasteiger partial charge is 0.258 e. The summed E-state index contributed by atoms with van der Waals surface area (Å²) in [6.45, 7) is 5.68. The third-order valence-corrected chi connectivity index (χ3v) is 4.76. The van der Waals surface area contributed by atoms with Gasteiger partial charge in [-0.15, -0.1) is 0 Å². The number of nitrogens with zero attached hydrogens (tertiary/aromatic N) is 1. The highest BCUT2D eigenvalue weighted by Gasteiger charge is 2.29. The van der Waals surface area contributed by atoms with Gasteiger partial charge in [-0.25, -0.2) is 14.7 Å². The highest BCUT2D eigenvalue weighted by Crippen LogP contribution is 2.32. The van der Waals surface area contributed by atoms with Gasteiger partial charge in [0, 0.05) is 17.7 Å². The van der Waals surface area contributed by atoms with E-state index in [0.717, 1.165) is 16.0 Å². The first-order valence-corrected chi connectivity index (χ1v) is 9.57. The topological polar surface area (TPSA) is 65.1 Å². The van der Waals surface area contributed by atoms with Gasteiger partial charge in [0.1, 0.15) is 5.60 Å². The number of amides is 2. The molecule has 0 saturated heterocycles. The van der Waals surface area contributed by atoms with Gasteiger partial charge in [-0.3, -0.25) is 9.59 Å². The van der Waals surface area contributed by atoms with E-state index in [1.54, 1.807) is 12.1 Å². The first kappa shape index (κ1) is 20.9. The van der Waals surface area contributed by atoms with Crippen LogP contribution in [0, 0.1) is 0 Å². The lowest BCUT2D eigenvalue weighted by Gasteiger charge is -2.26. The minimum absolute atomic E-state index is 0.0940. The predicted octanol–water partition coefficient (Wildman–Crippen LogP) is 4.42. The van der Waals surface area contributed by atoms with Gasteiger partial charge >= 0.3 is 0 Å². The molecule has 0 aromatic heterocycles. The molecular weight excluding hydrogens is 370 g/mol. The van der Waals surface area contributed by atoms with Crippen LogP contribution in [0.1, 0.15) is 44.4 Å². The molecule has 2 aromatic carbocycles. The highest BCUT2D eigenvalue weighted by molar-refractivity contribution is 6.28. The fourth-order valence-electron chi connectivity index (χ4n) is 3.20. The summed E-state index contributed by atoms with van der Waals surface area (Å²) in [6.07, 6.45) is 2.80. The Labute approximate surface area is 170 Å². The maximum Gasteiger partial charge on any atom is 0.258 e. The van der Waals surface area contributed by atoms with Crippen LogP contribution in [0.5, 0.6) is 0 Å². The Morgan fingerprint density at radius 3 is 2.21 bits per heavy atom. The van der Waals surface area contributed by atoms with Gasteiger partial charge in [-0.2, -0.15) is 0 Å². The van der Waals surface area contributed by atoms with Crippen LogP contribution in [0.4, 0.5) is 5.69 Å². The molecule has 0 bridgehead atoms. The van der Waals surface area contributed by atoms with Crippen molar-refractivity contribution in [2.24, 2.45) is 0 Å². The highest BCUT2D eigenvalue weighted by atomic mass is 17.2. The second-order valence-electron chi connectivity index (χ2n) is 7.16. The Balaban J connectivity index is 1.64. The van der Waals surface area contributed by atoms with Crippen molar-refractivity contribution in [3.05, 3.63) is 77.9 Å². The predicted molar refractivity (Wildman–Crippen MR) is 109 cm³/mol. The standard InChI is InChI=1S/C23H25NO5/c1-4-20(27-16-28-29-23(2,3)17-10-6-5-7-11-17)18-12-8-9-13-19(18)24-21(25)14-15-22(24)26/h5-15,20H,4,16H2,1-3H3. The molecule has 0 N–H and O–H groups in total. The van der Waals surface area contributed by atoms with E-state index in [-0.39, 0.29) is 24.7 Å². The molecule has 1 aliphatic heterocycles. The van der Waals surface area contributed by atoms with Gasteiger partial charge in [0.15, 0.2) is 6.79 Å².